The highest BCUT2D eigenvalue weighted by Gasteiger charge is 2.72. The molecule has 0 aromatic heterocycles. The molecular weight excluding hydrogens is 1110 g/mol. The number of allylic oxidation sites excluding steroid dienone is 3. The third-order valence-corrected chi connectivity index (χ3v) is 25.5. The van der Waals surface area contributed by atoms with Crippen molar-refractivity contribution in [1.29, 1.82) is 0 Å². The van der Waals surface area contributed by atoms with Crippen LogP contribution in [0.4, 0.5) is 11.4 Å². The number of hydrogen-bond acceptors (Lipinski definition) is 1. The summed E-state index contributed by atoms with van der Waals surface area (Å²) in [6.07, 6.45) is 11.7. The van der Waals surface area contributed by atoms with Crippen LogP contribution in [0.3, 0.4) is 0 Å². The molecule has 3 saturated carbocycles. The van der Waals surface area contributed by atoms with E-state index in [0.717, 1.165) is 25.7 Å². The van der Waals surface area contributed by atoms with Gasteiger partial charge < -0.3 is 4.90 Å². The van der Waals surface area contributed by atoms with Gasteiger partial charge in [-0.05, 0) is 227 Å². The second-order valence-electron chi connectivity index (χ2n) is 30.3. The summed E-state index contributed by atoms with van der Waals surface area (Å²) in [5, 5.41) is 0. The van der Waals surface area contributed by atoms with Gasteiger partial charge in [0.15, 0.2) is 0 Å². The molecule has 0 amide bonds. The fourth-order valence-electron chi connectivity index (χ4n) is 22.4. The van der Waals surface area contributed by atoms with Gasteiger partial charge in [0.25, 0.3) is 0 Å². The quantitative estimate of drug-likeness (QED) is 0.166. The van der Waals surface area contributed by atoms with Gasteiger partial charge >= 0.3 is 0 Å². The number of hydrogen-bond donors (Lipinski definition) is 0. The van der Waals surface area contributed by atoms with E-state index in [4.69, 9.17) is 0 Å². The molecule has 7 unspecified atom stereocenters. The summed E-state index contributed by atoms with van der Waals surface area (Å²) in [5.74, 6) is 1.61. The number of fused-ring (bicyclic) bond motifs is 20. The standard InChI is InChI=1S/C91H75N/c1-87(2)77-33-16-14-30-75(77)85-80(87)36-20-38-83(85)92(63-47-48-73-72-28-11-15-32-76(72)88(3,4)82(73)49-63)62-45-43-57(44-46-62)56-39-41-58(42-40-56)67-31-19-37-81-84(67)74-29-10-7-23-66(74)61-53-90-51-59(64-21-5-8-24-68(64)70-26-13-18-35-79(70)90)50-89-52-60(54-91(81,55-61)86(89)90)65-22-6-9-25-69(65)71-27-12-17-34-78(71)89/h5-19,21-35,37-49,59-61,86H,20,36,50-55H2,1-4H3. The highest BCUT2D eigenvalue weighted by Crippen LogP contribution is 2.79. The van der Waals surface area contributed by atoms with Gasteiger partial charge in [-0.3, -0.25) is 0 Å². The van der Waals surface area contributed by atoms with Crippen LogP contribution >= 0.6 is 0 Å². The molecule has 0 heterocycles. The van der Waals surface area contributed by atoms with E-state index in [1.165, 1.54) is 137 Å². The molecule has 444 valence electrons. The molecule has 1 heteroatoms. The van der Waals surface area contributed by atoms with Gasteiger partial charge in [-0.15, -0.1) is 0 Å². The molecule has 6 bridgehead atoms. The molecule has 11 aromatic rings. The van der Waals surface area contributed by atoms with Crippen LogP contribution < -0.4 is 4.90 Å². The third-order valence-electron chi connectivity index (χ3n) is 25.5. The van der Waals surface area contributed by atoms with E-state index in [2.05, 4.69) is 293 Å². The Morgan fingerprint density at radius 1 is 0.315 bits per heavy atom. The Kier molecular flexibility index (Phi) is 11.0. The van der Waals surface area contributed by atoms with Crippen molar-refractivity contribution in [3.8, 4) is 66.8 Å². The van der Waals surface area contributed by atoms with Crippen molar-refractivity contribution in [3.63, 3.8) is 0 Å². The van der Waals surface area contributed by atoms with Gasteiger partial charge in [0.1, 0.15) is 0 Å². The van der Waals surface area contributed by atoms with Crippen LogP contribution in [0.2, 0.25) is 0 Å². The van der Waals surface area contributed by atoms with E-state index in [9.17, 15) is 0 Å². The minimum absolute atomic E-state index is 0.0380. The number of anilines is 2. The number of rotatable bonds is 5. The number of benzene rings is 11. The third kappa shape index (κ3) is 7.00. The predicted octanol–water partition coefficient (Wildman–Crippen LogP) is 23.3. The van der Waals surface area contributed by atoms with Crippen LogP contribution in [-0.4, -0.2) is 0 Å². The van der Waals surface area contributed by atoms with Gasteiger partial charge in [-0.1, -0.05) is 264 Å². The number of nitrogens with zero attached hydrogens (tertiary/aromatic N) is 1. The molecule has 1 nitrogen and oxygen atoms in total. The molecule has 0 saturated heterocycles. The maximum absolute atomic E-state index is 2.65. The summed E-state index contributed by atoms with van der Waals surface area (Å²) in [7, 11) is 0. The summed E-state index contributed by atoms with van der Waals surface area (Å²) in [6, 6.07) is 101. The Balaban J connectivity index is 0.736. The van der Waals surface area contributed by atoms with Crippen molar-refractivity contribution in [2.75, 3.05) is 4.90 Å². The van der Waals surface area contributed by atoms with Crippen molar-refractivity contribution in [2.45, 2.75) is 124 Å². The first-order chi connectivity index (χ1) is 45.0. The summed E-state index contributed by atoms with van der Waals surface area (Å²) in [6.45, 7) is 9.69. The van der Waals surface area contributed by atoms with Crippen LogP contribution in [0.1, 0.15) is 152 Å². The van der Waals surface area contributed by atoms with Crippen LogP contribution in [0, 0.1) is 5.92 Å². The largest absolute Gasteiger partial charge is 0.310 e. The van der Waals surface area contributed by atoms with Gasteiger partial charge in [-0.2, -0.15) is 0 Å². The van der Waals surface area contributed by atoms with E-state index < -0.39 is 0 Å². The topological polar surface area (TPSA) is 3.24 Å². The Morgan fingerprint density at radius 3 is 1.29 bits per heavy atom. The lowest BCUT2D eigenvalue weighted by Gasteiger charge is -2.70. The predicted molar refractivity (Wildman–Crippen MR) is 381 cm³/mol. The first-order valence-electron chi connectivity index (χ1n) is 34.4. The van der Waals surface area contributed by atoms with Crippen LogP contribution in [0.15, 0.2) is 272 Å². The maximum atomic E-state index is 2.65. The highest BCUT2D eigenvalue weighted by molar-refractivity contribution is 5.97. The van der Waals surface area contributed by atoms with Crippen molar-refractivity contribution < 1.29 is 0 Å². The van der Waals surface area contributed by atoms with Crippen LogP contribution in [0.25, 0.3) is 72.3 Å². The maximum Gasteiger partial charge on any atom is 0.0500 e. The fourth-order valence-corrected chi connectivity index (χ4v) is 22.4. The van der Waals surface area contributed by atoms with E-state index in [1.54, 1.807) is 39.0 Å². The van der Waals surface area contributed by atoms with Gasteiger partial charge in [0.05, 0.1) is 0 Å². The summed E-state index contributed by atoms with van der Waals surface area (Å²) < 4.78 is 0. The highest BCUT2D eigenvalue weighted by atomic mass is 15.2. The molecule has 20 rings (SSSR count). The van der Waals surface area contributed by atoms with Crippen molar-refractivity contribution in [3.05, 3.63) is 328 Å². The molecule has 3 fully saturated rings. The van der Waals surface area contributed by atoms with Gasteiger partial charge in [0.2, 0.25) is 0 Å². The lowest BCUT2D eigenvalue weighted by molar-refractivity contribution is -0.0788. The first kappa shape index (κ1) is 53.4. The summed E-state index contributed by atoms with van der Waals surface area (Å²) in [4.78, 5) is 2.59. The molecule has 92 heavy (non-hydrogen) atoms. The zero-order valence-electron chi connectivity index (χ0n) is 53.2. The molecule has 0 N–H and O–H groups in total. The zero-order chi connectivity index (χ0) is 61.0. The summed E-state index contributed by atoms with van der Waals surface area (Å²) in [5.41, 5.74) is 37.9. The van der Waals surface area contributed by atoms with E-state index >= 15 is 0 Å². The van der Waals surface area contributed by atoms with E-state index in [0.29, 0.717) is 23.7 Å². The summed E-state index contributed by atoms with van der Waals surface area (Å²) >= 11 is 0. The lowest BCUT2D eigenvalue weighted by Crippen LogP contribution is -2.67. The normalized spacial score (nSPS) is 25.2. The smallest absolute Gasteiger partial charge is 0.0500 e. The van der Waals surface area contributed by atoms with Gasteiger partial charge in [-0.25, -0.2) is 0 Å². The van der Waals surface area contributed by atoms with Crippen molar-refractivity contribution in [1.82, 2.24) is 0 Å². The molecule has 0 aliphatic heterocycles. The molecule has 9 aliphatic carbocycles. The minimum atomic E-state index is -0.130. The van der Waals surface area contributed by atoms with E-state index in [1.807, 2.05) is 0 Å². The van der Waals surface area contributed by atoms with Gasteiger partial charge in [0, 0.05) is 49.7 Å². The molecular formula is C91H75N. The van der Waals surface area contributed by atoms with Crippen molar-refractivity contribution >= 4 is 16.9 Å². The lowest BCUT2D eigenvalue weighted by atomic mass is 9.32. The second-order valence-corrected chi connectivity index (χ2v) is 30.3. The molecule has 3 spiro atoms. The molecule has 11 aromatic carbocycles. The Labute approximate surface area is 542 Å². The molecule has 7 atom stereocenters. The monoisotopic (exact) mass is 1180 g/mol. The second kappa shape index (κ2) is 18.9. The van der Waals surface area contributed by atoms with E-state index in [-0.39, 0.29) is 27.1 Å². The Bertz CT molecular complexity index is 5000. The first-order valence-corrected chi connectivity index (χ1v) is 34.4. The Morgan fingerprint density at radius 2 is 0.717 bits per heavy atom. The SMILES string of the molecule is CC1(C)C2=C(C(N(c3ccc(-c4ccc(-c5cccc6c5-c5ccccc5C5CC78CC(CC9%10CC(CC6(C5)C97)c5ccccc5-c5ccccc5%10)c5ccccc5-c5ccccc58)cc4)cc3)c3ccc4c(c3)C(C)(C)c3ccccc3-4)=CCC2)c2ccccc21. The van der Waals surface area contributed by atoms with Crippen LogP contribution in [0.5, 0.6) is 0 Å². The average molecular weight is 1180 g/mol. The average Bonchev–Trinajstić information content (AvgIpc) is 1.37. The fraction of sp³-hybridized carbons (Fsp3) is 0.231. The minimum Gasteiger partial charge on any atom is -0.310 e. The Hall–Kier alpha value is -9.30. The molecule has 9 aliphatic rings. The van der Waals surface area contributed by atoms with Crippen LogP contribution in [-0.2, 0) is 27.1 Å². The molecule has 0 radical (unpaired) electrons. The van der Waals surface area contributed by atoms with Crippen molar-refractivity contribution in [2.24, 2.45) is 5.92 Å². The zero-order valence-corrected chi connectivity index (χ0v) is 53.2.